The van der Waals surface area contributed by atoms with E-state index in [9.17, 15) is 0 Å². The average Bonchev–Trinajstić information content (AvgIpc) is 2.68. The summed E-state index contributed by atoms with van der Waals surface area (Å²) in [5, 5.41) is 7.64. The van der Waals surface area contributed by atoms with Gasteiger partial charge in [-0.2, -0.15) is 0 Å². The molecule has 2 aromatic rings. The first-order valence-corrected chi connectivity index (χ1v) is 10.8. The molecule has 0 atom stereocenters. The summed E-state index contributed by atoms with van der Waals surface area (Å²) in [5.41, 5.74) is 1.43. The minimum absolute atomic E-state index is 0.510. The fraction of sp³-hybridized carbons (Fsp3) is 0.381. The zero-order chi connectivity index (χ0) is 18.0. The summed E-state index contributed by atoms with van der Waals surface area (Å²) in [6, 6.07) is 21.8. The molecule has 1 saturated heterocycles. The Labute approximate surface area is 166 Å². The summed E-state index contributed by atoms with van der Waals surface area (Å²) in [7, 11) is 0. The van der Waals surface area contributed by atoms with Crippen LogP contribution in [0.25, 0.3) is 0 Å². The van der Waals surface area contributed by atoms with Crippen molar-refractivity contribution in [3.63, 3.8) is 0 Å². The predicted molar refractivity (Wildman–Crippen MR) is 115 cm³/mol. The van der Waals surface area contributed by atoms with Crippen molar-refractivity contribution in [3.8, 4) is 0 Å². The Hall–Kier alpha value is -1.56. The smallest absolute Gasteiger partial charge is 0.166 e. The third kappa shape index (κ3) is 6.63. The molecule has 3 nitrogen and oxygen atoms in total. The monoisotopic (exact) mass is 386 g/mol. The van der Waals surface area contributed by atoms with Crippen LogP contribution in [0.2, 0.25) is 0 Å². The molecule has 5 heteroatoms. The minimum atomic E-state index is 0.510. The summed E-state index contributed by atoms with van der Waals surface area (Å²) < 4.78 is 0. The Morgan fingerprint density at radius 3 is 2.35 bits per heavy atom. The van der Waals surface area contributed by atoms with E-state index >= 15 is 0 Å². The lowest BCUT2D eigenvalue weighted by Crippen LogP contribution is -3.12. The average molecular weight is 387 g/mol. The highest BCUT2D eigenvalue weighted by Crippen LogP contribution is 2.15. The highest BCUT2D eigenvalue weighted by molar-refractivity contribution is 7.99. The van der Waals surface area contributed by atoms with Gasteiger partial charge in [0, 0.05) is 41.6 Å². The Morgan fingerprint density at radius 1 is 1.00 bits per heavy atom. The van der Waals surface area contributed by atoms with Crippen molar-refractivity contribution in [1.82, 2.24) is 10.6 Å². The third-order valence-electron chi connectivity index (χ3n) is 4.72. The second-order valence-electron chi connectivity index (χ2n) is 6.75. The van der Waals surface area contributed by atoms with Gasteiger partial charge in [0.25, 0.3) is 0 Å². The van der Waals surface area contributed by atoms with Crippen LogP contribution < -0.4 is 15.5 Å². The number of likely N-dealkylation sites (tertiary alicyclic amines) is 1. The molecular weight excluding hydrogens is 358 g/mol. The van der Waals surface area contributed by atoms with E-state index < -0.39 is 0 Å². The molecule has 2 aromatic carbocycles. The molecule has 0 amide bonds. The lowest BCUT2D eigenvalue weighted by molar-refractivity contribution is -0.918. The number of hydrogen-bond donors (Lipinski definition) is 3. The fourth-order valence-corrected chi connectivity index (χ4v) is 4.38. The molecule has 26 heavy (non-hydrogen) atoms. The second kappa shape index (κ2) is 10.6. The largest absolute Gasteiger partial charge is 0.362 e. The standard InChI is InChI=1S/C21H27N3S2/c25-21(22-13-16-26-20-9-5-2-6-10-20)23-19-11-14-24(15-12-19)17-18-7-3-1-4-8-18/h1-10,19H,11-17H2,(H2,22,23,25)/p+1. The molecule has 0 spiro atoms. The lowest BCUT2D eigenvalue weighted by Gasteiger charge is -2.30. The van der Waals surface area contributed by atoms with Crippen molar-refractivity contribution in [3.05, 3.63) is 66.2 Å². The van der Waals surface area contributed by atoms with Gasteiger partial charge < -0.3 is 15.5 Å². The molecule has 3 N–H and O–H groups in total. The minimum Gasteiger partial charge on any atom is -0.362 e. The maximum Gasteiger partial charge on any atom is 0.166 e. The van der Waals surface area contributed by atoms with Crippen LogP contribution in [0.15, 0.2) is 65.6 Å². The first kappa shape index (κ1) is 19.2. The molecule has 0 bridgehead atoms. The van der Waals surface area contributed by atoms with Crippen LogP contribution in [0.5, 0.6) is 0 Å². The van der Waals surface area contributed by atoms with Crippen molar-refractivity contribution >= 4 is 29.1 Å². The molecule has 1 fully saturated rings. The summed E-state index contributed by atoms with van der Waals surface area (Å²) in [6.07, 6.45) is 2.37. The van der Waals surface area contributed by atoms with E-state index in [4.69, 9.17) is 12.2 Å². The highest BCUT2D eigenvalue weighted by atomic mass is 32.2. The zero-order valence-electron chi connectivity index (χ0n) is 15.1. The highest BCUT2D eigenvalue weighted by Gasteiger charge is 2.22. The molecule has 1 heterocycles. The van der Waals surface area contributed by atoms with Gasteiger partial charge >= 0.3 is 0 Å². The molecular formula is C21H28N3S2+. The molecule has 3 rings (SSSR count). The SMILES string of the molecule is S=C(NCCSc1ccccc1)NC1CC[NH+](Cc2ccccc2)CC1. The van der Waals surface area contributed by atoms with Crippen LogP contribution >= 0.6 is 24.0 Å². The second-order valence-corrected chi connectivity index (χ2v) is 8.32. The number of thioether (sulfide) groups is 1. The van der Waals surface area contributed by atoms with Crippen LogP contribution in [0.3, 0.4) is 0 Å². The maximum atomic E-state index is 5.46. The molecule has 1 aliphatic rings. The van der Waals surface area contributed by atoms with E-state index in [1.165, 1.54) is 36.4 Å². The van der Waals surface area contributed by atoms with Crippen molar-refractivity contribution in [1.29, 1.82) is 0 Å². The molecule has 0 aromatic heterocycles. The van der Waals surface area contributed by atoms with E-state index in [1.54, 1.807) is 4.90 Å². The van der Waals surface area contributed by atoms with Gasteiger partial charge in [0.2, 0.25) is 0 Å². The van der Waals surface area contributed by atoms with E-state index in [1.807, 2.05) is 17.8 Å². The Balaban J connectivity index is 1.28. The number of hydrogen-bond acceptors (Lipinski definition) is 2. The maximum absolute atomic E-state index is 5.46. The van der Waals surface area contributed by atoms with Crippen molar-refractivity contribution < 1.29 is 4.90 Å². The topological polar surface area (TPSA) is 28.5 Å². The third-order valence-corrected chi connectivity index (χ3v) is 6.00. The summed E-state index contributed by atoms with van der Waals surface area (Å²) in [5.74, 6) is 1.02. The number of nitrogens with one attached hydrogen (secondary N) is 3. The Bertz CT molecular complexity index is 655. The quantitative estimate of drug-likeness (QED) is 0.387. The summed E-state index contributed by atoms with van der Waals surface area (Å²) >= 11 is 7.32. The number of piperidine rings is 1. The summed E-state index contributed by atoms with van der Waals surface area (Å²) in [6.45, 7) is 4.44. The zero-order valence-corrected chi connectivity index (χ0v) is 16.8. The van der Waals surface area contributed by atoms with Crippen molar-refractivity contribution in [2.45, 2.75) is 30.3 Å². The van der Waals surface area contributed by atoms with Gasteiger partial charge in [0.05, 0.1) is 13.1 Å². The van der Waals surface area contributed by atoms with Crippen LogP contribution in [-0.2, 0) is 6.54 Å². The number of quaternary nitrogens is 1. The molecule has 0 aliphatic carbocycles. The first-order chi connectivity index (χ1) is 12.8. The Kier molecular flexibility index (Phi) is 7.80. The molecule has 0 radical (unpaired) electrons. The molecule has 0 saturated carbocycles. The molecule has 0 unspecified atom stereocenters. The summed E-state index contributed by atoms with van der Waals surface area (Å²) in [4.78, 5) is 2.98. The Morgan fingerprint density at radius 2 is 1.65 bits per heavy atom. The van der Waals surface area contributed by atoms with Crippen LogP contribution in [-0.4, -0.2) is 36.5 Å². The first-order valence-electron chi connectivity index (χ1n) is 9.39. The van der Waals surface area contributed by atoms with Crippen LogP contribution in [0.4, 0.5) is 0 Å². The fourth-order valence-electron chi connectivity index (χ4n) is 3.32. The number of rotatable bonds is 7. The van der Waals surface area contributed by atoms with Gasteiger partial charge in [-0.25, -0.2) is 0 Å². The normalized spacial score (nSPS) is 19.7. The lowest BCUT2D eigenvalue weighted by atomic mass is 10.0. The molecule has 1 aliphatic heterocycles. The predicted octanol–water partition coefficient (Wildman–Crippen LogP) is 2.49. The van der Waals surface area contributed by atoms with E-state index in [-0.39, 0.29) is 0 Å². The molecule has 138 valence electrons. The van der Waals surface area contributed by atoms with Gasteiger partial charge in [0.1, 0.15) is 6.54 Å². The van der Waals surface area contributed by atoms with Gasteiger partial charge in [0.15, 0.2) is 5.11 Å². The van der Waals surface area contributed by atoms with Crippen molar-refractivity contribution in [2.75, 3.05) is 25.4 Å². The van der Waals surface area contributed by atoms with Crippen LogP contribution in [0, 0.1) is 0 Å². The van der Waals surface area contributed by atoms with Crippen LogP contribution in [0.1, 0.15) is 18.4 Å². The van der Waals surface area contributed by atoms with Gasteiger partial charge in [-0.15, -0.1) is 11.8 Å². The van der Waals surface area contributed by atoms with E-state index in [0.717, 1.165) is 24.0 Å². The van der Waals surface area contributed by atoms with Crippen molar-refractivity contribution in [2.24, 2.45) is 0 Å². The number of benzene rings is 2. The van der Waals surface area contributed by atoms with Gasteiger partial charge in [-0.05, 0) is 24.4 Å². The van der Waals surface area contributed by atoms with E-state index in [0.29, 0.717) is 6.04 Å². The van der Waals surface area contributed by atoms with Gasteiger partial charge in [-0.1, -0.05) is 48.5 Å². The van der Waals surface area contributed by atoms with Gasteiger partial charge in [-0.3, -0.25) is 0 Å². The van der Waals surface area contributed by atoms with E-state index in [2.05, 4.69) is 65.2 Å². The number of thiocarbonyl (C=S) groups is 1.